The van der Waals surface area contributed by atoms with Crippen molar-refractivity contribution >= 4 is 5.91 Å². The average molecular weight is 386 g/mol. The molecule has 0 saturated carbocycles. The number of hydrogen-bond donors (Lipinski definition) is 0. The Bertz CT molecular complexity index is 945. The van der Waals surface area contributed by atoms with Gasteiger partial charge in [-0.15, -0.1) is 0 Å². The van der Waals surface area contributed by atoms with E-state index in [2.05, 4.69) is 45.2 Å². The van der Waals surface area contributed by atoms with Crippen LogP contribution in [0.3, 0.4) is 0 Å². The minimum atomic E-state index is -0.0492. The Labute approximate surface area is 172 Å². The quantitative estimate of drug-likeness (QED) is 0.675. The Morgan fingerprint density at radius 2 is 1.76 bits per heavy atom. The fourth-order valence-corrected chi connectivity index (χ4v) is 3.95. The number of carbonyl (C=O) groups excluding carboxylic acids is 1. The summed E-state index contributed by atoms with van der Waals surface area (Å²) in [6.45, 7) is 3.22. The standard InChI is InChI=1S/C24H26N4O/c1-27-12-13-28(17-20-5-3-9-26-16-20)18-23(24(27)29)15-19-4-2-6-22(14-19)21-7-10-25-11-8-21/h2-11,14,16,23H,12-13,15,17-18H2,1H3. The van der Waals surface area contributed by atoms with Crippen molar-refractivity contribution in [1.82, 2.24) is 19.8 Å². The second kappa shape index (κ2) is 8.97. The number of amides is 1. The van der Waals surface area contributed by atoms with Gasteiger partial charge in [0.1, 0.15) is 0 Å². The number of benzene rings is 1. The molecule has 3 aromatic rings. The van der Waals surface area contributed by atoms with Crippen molar-refractivity contribution in [3.63, 3.8) is 0 Å². The van der Waals surface area contributed by atoms with Gasteiger partial charge in [-0.05, 0) is 46.9 Å². The minimum Gasteiger partial charge on any atom is -0.344 e. The molecule has 0 aliphatic carbocycles. The number of nitrogens with zero attached hydrogens (tertiary/aromatic N) is 4. The van der Waals surface area contributed by atoms with E-state index in [0.717, 1.165) is 43.7 Å². The molecule has 0 radical (unpaired) electrons. The summed E-state index contributed by atoms with van der Waals surface area (Å²) in [6, 6.07) is 16.6. The summed E-state index contributed by atoms with van der Waals surface area (Å²) in [5, 5.41) is 0. The molecule has 0 spiro atoms. The van der Waals surface area contributed by atoms with Gasteiger partial charge >= 0.3 is 0 Å². The molecular weight excluding hydrogens is 360 g/mol. The summed E-state index contributed by atoms with van der Waals surface area (Å²) in [6.07, 6.45) is 8.06. The van der Waals surface area contributed by atoms with Crippen molar-refractivity contribution < 1.29 is 4.79 Å². The van der Waals surface area contributed by atoms with E-state index in [0.29, 0.717) is 0 Å². The first-order valence-corrected chi connectivity index (χ1v) is 10.0. The highest BCUT2D eigenvalue weighted by molar-refractivity contribution is 5.79. The van der Waals surface area contributed by atoms with E-state index >= 15 is 0 Å². The number of carbonyl (C=O) groups is 1. The summed E-state index contributed by atoms with van der Waals surface area (Å²) in [4.78, 5) is 25.5. The van der Waals surface area contributed by atoms with Crippen molar-refractivity contribution in [3.05, 3.63) is 84.4 Å². The Morgan fingerprint density at radius 1 is 0.931 bits per heavy atom. The van der Waals surface area contributed by atoms with Crippen LogP contribution in [-0.2, 0) is 17.8 Å². The molecule has 1 aliphatic heterocycles. The first kappa shape index (κ1) is 19.3. The monoisotopic (exact) mass is 386 g/mol. The zero-order valence-corrected chi connectivity index (χ0v) is 16.7. The number of pyridine rings is 2. The molecule has 5 nitrogen and oxygen atoms in total. The van der Waals surface area contributed by atoms with E-state index < -0.39 is 0 Å². The molecule has 148 valence electrons. The number of rotatable bonds is 5. The minimum absolute atomic E-state index is 0.0492. The molecule has 3 heterocycles. The van der Waals surface area contributed by atoms with Crippen molar-refractivity contribution in [2.45, 2.75) is 13.0 Å². The van der Waals surface area contributed by atoms with E-state index in [4.69, 9.17) is 0 Å². The van der Waals surface area contributed by atoms with E-state index in [9.17, 15) is 4.79 Å². The van der Waals surface area contributed by atoms with Gasteiger partial charge in [0.15, 0.2) is 0 Å². The van der Waals surface area contributed by atoms with Crippen molar-refractivity contribution in [2.75, 3.05) is 26.7 Å². The first-order chi connectivity index (χ1) is 14.2. The summed E-state index contributed by atoms with van der Waals surface area (Å²) in [5.41, 5.74) is 4.67. The Morgan fingerprint density at radius 3 is 2.55 bits per heavy atom. The van der Waals surface area contributed by atoms with Crippen LogP contribution in [0.2, 0.25) is 0 Å². The molecule has 1 amide bonds. The normalized spacial score (nSPS) is 17.9. The summed E-state index contributed by atoms with van der Waals surface area (Å²) >= 11 is 0. The second-order valence-corrected chi connectivity index (χ2v) is 7.69. The largest absolute Gasteiger partial charge is 0.344 e. The Balaban J connectivity index is 1.52. The molecule has 1 aliphatic rings. The highest BCUT2D eigenvalue weighted by atomic mass is 16.2. The van der Waals surface area contributed by atoms with Gasteiger partial charge in [-0.1, -0.05) is 30.3 Å². The van der Waals surface area contributed by atoms with Gasteiger partial charge in [0.2, 0.25) is 5.91 Å². The zero-order valence-electron chi connectivity index (χ0n) is 16.7. The number of aromatic nitrogens is 2. The van der Waals surface area contributed by atoms with Crippen LogP contribution in [0.15, 0.2) is 73.3 Å². The van der Waals surface area contributed by atoms with Crippen LogP contribution in [-0.4, -0.2) is 52.4 Å². The molecule has 5 heteroatoms. The van der Waals surface area contributed by atoms with Crippen molar-refractivity contribution in [3.8, 4) is 11.1 Å². The average Bonchev–Trinajstić information content (AvgIpc) is 2.89. The van der Waals surface area contributed by atoms with E-state index in [1.54, 1.807) is 6.20 Å². The van der Waals surface area contributed by atoms with Gasteiger partial charge in [-0.2, -0.15) is 0 Å². The van der Waals surface area contributed by atoms with Crippen molar-refractivity contribution in [2.24, 2.45) is 5.92 Å². The van der Waals surface area contributed by atoms with Crippen LogP contribution >= 0.6 is 0 Å². The molecule has 0 N–H and O–H groups in total. The highest BCUT2D eigenvalue weighted by Gasteiger charge is 2.28. The first-order valence-electron chi connectivity index (χ1n) is 10.0. The van der Waals surface area contributed by atoms with Gasteiger partial charge < -0.3 is 4.90 Å². The molecular formula is C24H26N4O. The smallest absolute Gasteiger partial charge is 0.227 e. The topological polar surface area (TPSA) is 49.3 Å². The van der Waals surface area contributed by atoms with Gasteiger partial charge in [-0.25, -0.2) is 0 Å². The van der Waals surface area contributed by atoms with Crippen LogP contribution in [0, 0.1) is 5.92 Å². The van der Waals surface area contributed by atoms with Gasteiger partial charge in [0.05, 0.1) is 5.92 Å². The molecule has 29 heavy (non-hydrogen) atoms. The lowest BCUT2D eigenvalue weighted by molar-refractivity contribution is -0.133. The molecule has 1 saturated heterocycles. The molecule has 1 atom stereocenters. The van der Waals surface area contributed by atoms with Crippen LogP contribution in [0.25, 0.3) is 11.1 Å². The van der Waals surface area contributed by atoms with E-state index in [1.807, 2.05) is 48.7 Å². The highest BCUT2D eigenvalue weighted by Crippen LogP contribution is 2.23. The SMILES string of the molecule is CN1CCN(Cc2cccnc2)CC(Cc2cccc(-c3ccncc3)c2)C1=O. The van der Waals surface area contributed by atoms with Gasteiger partial charge in [0.25, 0.3) is 0 Å². The van der Waals surface area contributed by atoms with Crippen LogP contribution in [0.5, 0.6) is 0 Å². The molecule has 0 bridgehead atoms. The lowest BCUT2D eigenvalue weighted by Crippen LogP contribution is -2.34. The molecule has 2 aromatic heterocycles. The van der Waals surface area contributed by atoms with Crippen LogP contribution in [0.4, 0.5) is 0 Å². The maximum Gasteiger partial charge on any atom is 0.227 e. The Kier molecular flexibility index (Phi) is 5.96. The molecule has 1 unspecified atom stereocenters. The molecule has 4 rings (SSSR count). The second-order valence-electron chi connectivity index (χ2n) is 7.69. The van der Waals surface area contributed by atoms with Crippen LogP contribution in [0.1, 0.15) is 11.1 Å². The van der Waals surface area contributed by atoms with E-state index in [1.165, 1.54) is 11.1 Å². The number of hydrogen-bond acceptors (Lipinski definition) is 4. The zero-order chi connectivity index (χ0) is 20.1. The third-order valence-electron chi connectivity index (χ3n) is 5.51. The fraction of sp³-hybridized carbons (Fsp3) is 0.292. The van der Waals surface area contributed by atoms with Crippen molar-refractivity contribution in [1.29, 1.82) is 0 Å². The summed E-state index contributed by atoms with van der Waals surface area (Å²) in [7, 11) is 1.91. The third-order valence-corrected chi connectivity index (χ3v) is 5.51. The van der Waals surface area contributed by atoms with Gasteiger partial charge in [0, 0.05) is 58.0 Å². The third kappa shape index (κ3) is 4.87. The van der Waals surface area contributed by atoms with E-state index in [-0.39, 0.29) is 11.8 Å². The number of likely N-dealkylation sites (N-methyl/N-ethyl adjacent to an activating group) is 1. The maximum absolute atomic E-state index is 13.0. The van der Waals surface area contributed by atoms with Crippen LogP contribution < -0.4 is 0 Å². The summed E-state index contributed by atoms with van der Waals surface area (Å²) in [5.74, 6) is 0.180. The molecule has 1 fully saturated rings. The predicted octanol–water partition coefficient (Wildman–Crippen LogP) is 3.28. The molecule has 1 aromatic carbocycles. The Hall–Kier alpha value is -3.05. The van der Waals surface area contributed by atoms with Gasteiger partial charge in [-0.3, -0.25) is 19.7 Å². The predicted molar refractivity (Wildman–Crippen MR) is 114 cm³/mol. The fourth-order valence-electron chi connectivity index (χ4n) is 3.95. The summed E-state index contributed by atoms with van der Waals surface area (Å²) < 4.78 is 0. The lowest BCUT2D eigenvalue weighted by Gasteiger charge is -2.23. The lowest BCUT2D eigenvalue weighted by atomic mass is 9.95. The maximum atomic E-state index is 13.0.